The molecular weight excluding hydrogens is 338 g/mol. The van der Waals surface area contributed by atoms with Crippen molar-refractivity contribution in [3.63, 3.8) is 0 Å². The first kappa shape index (κ1) is 17.0. The monoisotopic (exact) mass is 363 g/mol. The summed E-state index contributed by atoms with van der Waals surface area (Å²) in [5, 5.41) is 3.58. The highest BCUT2D eigenvalue weighted by molar-refractivity contribution is 7.89. The second kappa shape index (κ2) is 6.37. The number of hydrogen-bond acceptors (Lipinski definition) is 4. The summed E-state index contributed by atoms with van der Waals surface area (Å²) in [7, 11) is -1.71. The molecule has 2 N–H and O–H groups in total. The fourth-order valence-electron chi connectivity index (χ4n) is 4.00. The maximum absolute atomic E-state index is 12.9. The molecule has 7 heteroatoms. The van der Waals surface area contributed by atoms with Crippen molar-refractivity contribution >= 4 is 15.9 Å². The number of carbonyl (C=O) groups excluding carboxylic acids is 1. The van der Waals surface area contributed by atoms with Crippen LogP contribution in [0.15, 0.2) is 29.2 Å². The Morgan fingerprint density at radius 3 is 2.48 bits per heavy atom. The summed E-state index contributed by atoms with van der Waals surface area (Å²) in [5.74, 6) is -0.102. The van der Waals surface area contributed by atoms with Gasteiger partial charge in [-0.05, 0) is 56.7 Å². The van der Waals surface area contributed by atoms with Gasteiger partial charge in [-0.15, -0.1) is 0 Å². The van der Waals surface area contributed by atoms with Gasteiger partial charge in [0.1, 0.15) is 0 Å². The zero-order valence-electron chi connectivity index (χ0n) is 14.4. The van der Waals surface area contributed by atoms with E-state index in [1.807, 2.05) is 7.05 Å². The van der Waals surface area contributed by atoms with E-state index in [0.29, 0.717) is 17.6 Å². The SMILES string of the molecule is CN(C(=O)c1cccc(S(=O)(=O)NC2CC2)c1)C1CC2CCC(C1)N2. The number of amides is 1. The van der Waals surface area contributed by atoms with E-state index in [2.05, 4.69) is 10.0 Å². The van der Waals surface area contributed by atoms with Gasteiger partial charge in [0.25, 0.3) is 5.91 Å². The normalized spacial score (nSPS) is 28.8. The van der Waals surface area contributed by atoms with Gasteiger partial charge in [-0.25, -0.2) is 13.1 Å². The lowest BCUT2D eigenvalue weighted by molar-refractivity contribution is 0.0681. The van der Waals surface area contributed by atoms with Crippen LogP contribution in [0.25, 0.3) is 0 Å². The zero-order valence-corrected chi connectivity index (χ0v) is 15.3. The van der Waals surface area contributed by atoms with Crippen molar-refractivity contribution in [2.24, 2.45) is 0 Å². The average molecular weight is 363 g/mol. The predicted molar refractivity (Wildman–Crippen MR) is 94.8 cm³/mol. The molecule has 2 aliphatic heterocycles. The van der Waals surface area contributed by atoms with Gasteiger partial charge in [0.15, 0.2) is 0 Å². The molecule has 0 spiro atoms. The van der Waals surface area contributed by atoms with Crippen LogP contribution < -0.4 is 10.0 Å². The van der Waals surface area contributed by atoms with Crippen LogP contribution in [0.5, 0.6) is 0 Å². The van der Waals surface area contributed by atoms with Gasteiger partial charge in [-0.2, -0.15) is 0 Å². The Labute approximate surface area is 149 Å². The molecule has 1 aliphatic carbocycles. The van der Waals surface area contributed by atoms with Crippen molar-refractivity contribution in [3.05, 3.63) is 29.8 Å². The van der Waals surface area contributed by atoms with Crippen LogP contribution in [0.2, 0.25) is 0 Å². The van der Waals surface area contributed by atoms with Crippen molar-refractivity contribution in [2.45, 2.75) is 67.6 Å². The molecule has 1 aromatic carbocycles. The Morgan fingerprint density at radius 2 is 1.84 bits per heavy atom. The molecule has 2 saturated heterocycles. The van der Waals surface area contributed by atoms with E-state index in [9.17, 15) is 13.2 Å². The molecule has 2 unspecified atom stereocenters. The highest BCUT2D eigenvalue weighted by Crippen LogP contribution is 2.30. The number of nitrogens with one attached hydrogen (secondary N) is 2. The summed E-state index contributed by atoms with van der Waals surface area (Å²) >= 11 is 0. The number of hydrogen-bond donors (Lipinski definition) is 2. The van der Waals surface area contributed by atoms with Crippen LogP contribution in [-0.4, -0.2) is 50.4 Å². The quantitative estimate of drug-likeness (QED) is 0.831. The van der Waals surface area contributed by atoms with Crippen LogP contribution >= 0.6 is 0 Å². The van der Waals surface area contributed by atoms with Crippen LogP contribution in [0.3, 0.4) is 0 Å². The molecule has 3 aliphatic rings. The Morgan fingerprint density at radius 1 is 1.16 bits per heavy atom. The lowest BCUT2D eigenvalue weighted by Crippen LogP contribution is -2.48. The largest absolute Gasteiger partial charge is 0.339 e. The minimum Gasteiger partial charge on any atom is -0.339 e. The number of benzene rings is 1. The molecular formula is C18H25N3O3S. The van der Waals surface area contributed by atoms with Crippen molar-refractivity contribution in [2.75, 3.05) is 7.05 Å². The molecule has 2 bridgehead atoms. The van der Waals surface area contributed by atoms with E-state index < -0.39 is 10.0 Å². The summed E-state index contributed by atoms with van der Waals surface area (Å²) < 4.78 is 27.4. The fraction of sp³-hybridized carbons (Fsp3) is 0.611. The van der Waals surface area contributed by atoms with E-state index in [-0.39, 0.29) is 22.9 Å². The number of sulfonamides is 1. The van der Waals surface area contributed by atoms with Gasteiger partial charge in [0, 0.05) is 36.8 Å². The molecule has 1 saturated carbocycles. The molecule has 0 radical (unpaired) electrons. The molecule has 1 amide bonds. The highest BCUT2D eigenvalue weighted by Gasteiger charge is 2.36. The summed E-state index contributed by atoms with van der Waals surface area (Å²) in [6.45, 7) is 0. The van der Waals surface area contributed by atoms with Crippen molar-refractivity contribution < 1.29 is 13.2 Å². The Bertz CT molecular complexity index is 764. The zero-order chi connectivity index (χ0) is 17.6. The molecule has 136 valence electrons. The standard InChI is InChI=1S/C18H25N3O3S/c1-21(16-10-14-7-8-15(11-16)19-14)18(22)12-3-2-4-17(9-12)25(23,24)20-13-5-6-13/h2-4,9,13-16,19-20H,5-8,10-11H2,1H3. The molecule has 1 aromatic rings. The summed E-state index contributed by atoms with van der Waals surface area (Å²) in [4.78, 5) is 14.8. The molecule has 3 fully saturated rings. The third kappa shape index (κ3) is 3.59. The highest BCUT2D eigenvalue weighted by atomic mass is 32.2. The Balaban J connectivity index is 1.50. The molecule has 25 heavy (non-hydrogen) atoms. The maximum atomic E-state index is 12.9. The van der Waals surface area contributed by atoms with Gasteiger partial charge in [-0.3, -0.25) is 4.79 Å². The first-order valence-electron chi connectivity index (χ1n) is 9.08. The maximum Gasteiger partial charge on any atom is 0.253 e. The molecule has 6 nitrogen and oxygen atoms in total. The molecule has 0 aromatic heterocycles. The number of fused-ring (bicyclic) bond motifs is 2. The third-order valence-corrected chi connectivity index (χ3v) is 7.12. The first-order chi connectivity index (χ1) is 11.9. The minimum absolute atomic E-state index is 0.0530. The van der Waals surface area contributed by atoms with Crippen LogP contribution in [-0.2, 0) is 10.0 Å². The summed E-state index contributed by atoms with van der Waals surface area (Å²) in [6, 6.07) is 7.68. The average Bonchev–Trinajstić information content (AvgIpc) is 3.35. The fourth-order valence-corrected chi connectivity index (χ4v) is 5.35. The van der Waals surface area contributed by atoms with E-state index in [4.69, 9.17) is 0 Å². The lowest BCUT2D eigenvalue weighted by Gasteiger charge is -2.35. The molecule has 4 rings (SSSR count). The van der Waals surface area contributed by atoms with Crippen LogP contribution in [0.4, 0.5) is 0 Å². The summed E-state index contributed by atoms with van der Waals surface area (Å²) in [6.07, 6.45) is 6.09. The van der Waals surface area contributed by atoms with Crippen molar-refractivity contribution in [1.82, 2.24) is 14.9 Å². The first-order valence-corrected chi connectivity index (χ1v) is 10.6. The smallest absolute Gasteiger partial charge is 0.253 e. The van der Waals surface area contributed by atoms with Crippen LogP contribution in [0, 0.1) is 0 Å². The Kier molecular flexibility index (Phi) is 4.33. The number of rotatable bonds is 5. The number of nitrogens with zero attached hydrogens (tertiary/aromatic N) is 1. The topological polar surface area (TPSA) is 78.5 Å². The van der Waals surface area contributed by atoms with Gasteiger partial charge >= 0.3 is 0 Å². The van der Waals surface area contributed by atoms with Gasteiger partial charge in [-0.1, -0.05) is 6.07 Å². The minimum atomic E-state index is -3.54. The van der Waals surface area contributed by atoms with Crippen LogP contribution in [0.1, 0.15) is 48.9 Å². The van der Waals surface area contributed by atoms with E-state index in [0.717, 1.165) is 25.7 Å². The van der Waals surface area contributed by atoms with Crippen molar-refractivity contribution in [3.8, 4) is 0 Å². The summed E-state index contributed by atoms with van der Waals surface area (Å²) in [5.41, 5.74) is 0.437. The van der Waals surface area contributed by atoms with E-state index in [1.54, 1.807) is 23.1 Å². The van der Waals surface area contributed by atoms with E-state index >= 15 is 0 Å². The van der Waals surface area contributed by atoms with Gasteiger partial charge in [0.05, 0.1) is 4.90 Å². The molecule has 2 atom stereocenters. The van der Waals surface area contributed by atoms with Gasteiger partial charge < -0.3 is 10.2 Å². The molecule has 2 heterocycles. The van der Waals surface area contributed by atoms with E-state index in [1.165, 1.54) is 18.9 Å². The Hall–Kier alpha value is -1.44. The number of carbonyl (C=O) groups is 1. The third-order valence-electron chi connectivity index (χ3n) is 5.61. The second-order valence-electron chi connectivity index (χ2n) is 7.60. The number of piperidine rings is 1. The van der Waals surface area contributed by atoms with Gasteiger partial charge in [0.2, 0.25) is 10.0 Å². The lowest BCUT2D eigenvalue weighted by atomic mass is 9.98. The second-order valence-corrected chi connectivity index (χ2v) is 9.32. The predicted octanol–water partition coefficient (Wildman–Crippen LogP) is 1.48. The van der Waals surface area contributed by atoms with Crippen molar-refractivity contribution in [1.29, 1.82) is 0 Å².